The fourth-order valence-electron chi connectivity index (χ4n) is 7.88. The summed E-state index contributed by atoms with van der Waals surface area (Å²) in [7, 11) is 0. The number of rotatable bonds is 7. The highest BCUT2D eigenvalue weighted by Gasteiger charge is 2.35. The van der Waals surface area contributed by atoms with Crippen molar-refractivity contribution in [3.05, 3.63) is 211 Å². The molecule has 0 radical (unpaired) electrons. The molecule has 0 amide bonds. The molecule has 1 aliphatic carbocycles. The molecule has 248 valence electrons. The lowest BCUT2D eigenvalue weighted by atomic mass is 9.82. The lowest BCUT2D eigenvalue weighted by Crippen LogP contribution is -2.16. The molecule has 0 unspecified atom stereocenters. The number of hydrogen-bond donors (Lipinski definition) is 0. The van der Waals surface area contributed by atoms with Crippen LogP contribution in [0.4, 0.5) is 17.1 Å². The minimum absolute atomic E-state index is 0.0863. The zero-order valence-electron chi connectivity index (χ0n) is 29.5. The third-order valence-corrected chi connectivity index (χ3v) is 10.7. The van der Waals surface area contributed by atoms with Gasteiger partial charge in [0.2, 0.25) is 0 Å². The van der Waals surface area contributed by atoms with Crippen molar-refractivity contribution in [1.29, 1.82) is 0 Å². The quantitative estimate of drug-likeness (QED) is 0.164. The molecule has 0 aromatic heterocycles. The third kappa shape index (κ3) is 5.71. The Hall–Kier alpha value is -6.44. The summed E-state index contributed by atoms with van der Waals surface area (Å²) < 4.78 is 0. The van der Waals surface area contributed by atoms with Gasteiger partial charge in [0.05, 0.1) is 0 Å². The van der Waals surface area contributed by atoms with Gasteiger partial charge in [0.15, 0.2) is 0 Å². The Morgan fingerprint density at radius 3 is 1.23 bits per heavy atom. The van der Waals surface area contributed by atoms with E-state index in [1.165, 1.54) is 66.8 Å². The average Bonchev–Trinajstić information content (AvgIpc) is 3.45. The minimum atomic E-state index is -0.0863. The first kappa shape index (κ1) is 31.5. The molecule has 0 aliphatic heterocycles. The maximum atomic E-state index is 2.41. The topological polar surface area (TPSA) is 3.24 Å². The monoisotopic (exact) mass is 665 g/mol. The molecule has 0 N–H and O–H groups in total. The lowest BCUT2D eigenvalue weighted by Gasteiger charge is -2.28. The van der Waals surface area contributed by atoms with E-state index in [0.29, 0.717) is 0 Å². The molecule has 0 saturated heterocycles. The van der Waals surface area contributed by atoms with E-state index < -0.39 is 0 Å². The fraction of sp³-hybridized carbons (Fsp3) is 0.0588. The summed E-state index contributed by atoms with van der Waals surface area (Å²) in [6.45, 7) is 4.70. The highest BCUT2D eigenvalue weighted by Crippen LogP contribution is 2.50. The standard InChI is InChI=1S/C51H39N/c1-51(2)49-19-10-9-18-47(49)48-33-32-46(35-50(48)51)52(44-28-24-40(25-29-44)39-22-20-38(21-23-39)36-12-5-3-6-13-36)45-30-26-41(27-31-45)43-17-11-16-42(34-43)37-14-7-4-8-15-37/h3-35H,1-2H3. The molecule has 0 saturated carbocycles. The largest absolute Gasteiger partial charge is 0.310 e. The van der Waals surface area contributed by atoms with Crippen LogP contribution in [0.2, 0.25) is 0 Å². The molecule has 8 aromatic carbocycles. The Labute approximate surface area is 307 Å². The van der Waals surface area contributed by atoms with Gasteiger partial charge in [-0.3, -0.25) is 0 Å². The van der Waals surface area contributed by atoms with E-state index in [-0.39, 0.29) is 5.41 Å². The van der Waals surface area contributed by atoms with E-state index in [0.717, 1.165) is 17.1 Å². The molecule has 0 heterocycles. The first-order valence-corrected chi connectivity index (χ1v) is 18.1. The van der Waals surface area contributed by atoms with Gasteiger partial charge in [-0.1, -0.05) is 172 Å². The molecule has 52 heavy (non-hydrogen) atoms. The summed E-state index contributed by atoms with van der Waals surface area (Å²) in [5.74, 6) is 0. The number of fused-ring (bicyclic) bond motifs is 3. The molecule has 0 fully saturated rings. The van der Waals surface area contributed by atoms with Crippen molar-refractivity contribution in [2.45, 2.75) is 19.3 Å². The van der Waals surface area contributed by atoms with E-state index in [4.69, 9.17) is 0 Å². The summed E-state index contributed by atoms with van der Waals surface area (Å²) in [4.78, 5) is 2.39. The Balaban J connectivity index is 1.09. The molecule has 1 heteroatoms. The first-order valence-electron chi connectivity index (χ1n) is 18.1. The van der Waals surface area contributed by atoms with Crippen molar-refractivity contribution < 1.29 is 0 Å². The zero-order chi connectivity index (χ0) is 35.1. The third-order valence-electron chi connectivity index (χ3n) is 10.7. The molecule has 1 aliphatic rings. The van der Waals surface area contributed by atoms with Crippen molar-refractivity contribution in [2.24, 2.45) is 0 Å². The van der Waals surface area contributed by atoms with Crippen molar-refractivity contribution in [1.82, 2.24) is 0 Å². The molecule has 9 rings (SSSR count). The van der Waals surface area contributed by atoms with Crippen LogP contribution in [0.5, 0.6) is 0 Å². The van der Waals surface area contributed by atoms with Gasteiger partial charge in [-0.15, -0.1) is 0 Å². The number of hydrogen-bond acceptors (Lipinski definition) is 1. The van der Waals surface area contributed by atoms with E-state index >= 15 is 0 Å². The Morgan fingerprint density at radius 2 is 0.673 bits per heavy atom. The van der Waals surface area contributed by atoms with Gasteiger partial charge in [0.1, 0.15) is 0 Å². The van der Waals surface area contributed by atoms with E-state index in [2.05, 4.69) is 219 Å². The van der Waals surface area contributed by atoms with Crippen LogP contribution >= 0.6 is 0 Å². The Bertz CT molecular complexity index is 2490. The summed E-state index contributed by atoms with van der Waals surface area (Å²) >= 11 is 0. The smallest absolute Gasteiger partial charge is 0.0465 e. The predicted octanol–water partition coefficient (Wildman–Crippen LogP) is 14.1. The lowest BCUT2D eigenvalue weighted by molar-refractivity contribution is 0.660. The second-order valence-corrected chi connectivity index (χ2v) is 14.2. The van der Waals surface area contributed by atoms with Gasteiger partial charge in [0.25, 0.3) is 0 Å². The molecule has 1 nitrogen and oxygen atoms in total. The summed E-state index contributed by atoms with van der Waals surface area (Å²) in [5, 5.41) is 0. The van der Waals surface area contributed by atoms with Crippen molar-refractivity contribution >= 4 is 17.1 Å². The summed E-state index contributed by atoms with van der Waals surface area (Å²) in [6.07, 6.45) is 0. The second-order valence-electron chi connectivity index (χ2n) is 14.2. The van der Waals surface area contributed by atoms with E-state index in [9.17, 15) is 0 Å². The van der Waals surface area contributed by atoms with Crippen LogP contribution < -0.4 is 4.90 Å². The molecule has 0 atom stereocenters. The zero-order valence-corrected chi connectivity index (χ0v) is 29.5. The number of anilines is 3. The highest BCUT2D eigenvalue weighted by atomic mass is 15.1. The normalized spacial score (nSPS) is 12.6. The molecule has 0 spiro atoms. The van der Waals surface area contributed by atoms with Crippen LogP contribution in [0, 0.1) is 0 Å². The second kappa shape index (κ2) is 13.0. The SMILES string of the molecule is CC1(C)c2ccccc2-c2ccc(N(c3ccc(-c4ccc(-c5ccccc5)cc4)cc3)c3ccc(-c4cccc(-c5ccccc5)c4)cc3)cc21. The predicted molar refractivity (Wildman–Crippen MR) is 220 cm³/mol. The minimum Gasteiger partial charge on any atom is -0.310 e. The maximum absolute atomic E-state index is 2.41. The van der Waals surface area contributed by atoms with Crippen molar-refractivity contribution in [3.63, 3.8) is 0 Å². The fourth-order valence-corrected chi connectivity index (χ4v) is 7.88. The molecular weight excluding hydrogens is 627 g/mol. The highest BCUT2D eigenvalue weighted by molar-refractivity contribution is 5.86. The van der Waals surface area contributed by atoms with Gasteiger partial charge in [0, 0.05) is 22.5 Å². The average molecular weight is 666 g/mol. The van der Waals surface area contributed by atoms with Crippen molar-refractivity contribution in [2.75, 3.05) is 4.90 Å². The Morgan fingerprint density at radius 1 is 0.288 bits per heavy atom. The van der Waals surface area contributed by atoms with Gasteiger partial charge in [-0.05, 0) is 109 Å². The van der Waals surface area contributed by atoms with Gasteiger partial charge in [-0.25, -0.2) is 0 Å². The summed E-state index contributed by atoms with van der Waals surface area (Å²) in [5.41, 5.74) is 18.4. The summed E-state index contributed by atoms with van der Waals surface area (Å²) in [6, 6.07) is 72.7. The Kier molecular flexibility index (Phi) is 7.90. The van der Waals surface area contributed by atoms with Gasteiger partial charge >= 0.3 is 0 Å². The number of nitrogens with zero attached hydrogens (tertiary/aromatic N) is 1. The van der Waals surface area contributed by atoms with Crippen molar-refractivity contribution in [3.8, 4) is 55.6 Å². The number of benzene rings is 8. The van der Waals surface area contributed by atoms with E-state index in [1.54, 1.807) is 0 Å². The maximum Gasteiger partial charge on any atom is 0.0465 e. The van der Waals surface area contributed by atoms with Crippen LogP contribution in [0.25, 0.3) is 55.6 Å². The molecule has 8 aromatic rings. The van der Waals surface area contributed by atoms with Gasteiger partial charge in [-0.2, -0.15) is 0 Å². The van der Waals surface area contributed by atoms with Crippen LogP contribution in [0.3, 0.4) is 0 Å². The van der Waals surface area contributed by atoms with Crippen LogP contribution in [-0.2, 0) is 5.41 Å². The van der Waals surface area contributed by atoms with Gasteiger partial charge < -0.3 is 4.90 Å². The van der Waals surface area contributed by atoms with E-state index in [1.807, 2.05) is 0 Å². The van der Waals surface area contributed by atoms with Crippen LogP contribution in [-0.4, -0.2) is 0 Å². The molecule has 0 bridgehead atoms. The molecular formula is C51H39N. The van der Waals surface area contributed by atoms with Crippen LogP contribution in [0.1, 0.15) is 25.0 Å². The van der Waals surface area contributed by atoms with Crippen LogP contribution in [0.15, 0.2) is 200 Å². The first-order chi connectivity index (χ1) is 25.5.